The highest BCUT2D eigenvalue weighted by Crippen LogP contribution is 2.27. The Labute approximate surface area is 188 Å². The number of fused-ring (bicyclic) bond motifs is 1. The zero-order valence-corrected chi connectivity index (χ0v) is 20.1. The fourth-order valence-electron chi connectivity index (χ4n) is 3.71. The first-order valence-corrected chi connectivity index (χ1v) is 11.6. The molecule has 3 rings (SSSR count). The summed E-state index contributed by atoms with van der Waals surface area (Å²) in [5, 5.41) is 7.60. The van der Waals surface area contributed by atoms with E-state index >= 15 is 0 Å². The van der Waals surface area contributed by atoms with Crippen molar-refractivity contribution in [3.8, 4) is 0 Å². The van der Waals surface area contributed by atoms with Gasteiger partial charge in [0, 0.05) is 22.8 Å². The molecule has 4 nitrogen and oxygen atoms in total. The second-order valence-corrected chi connectivity index (χ2v) is 8.22. The SMILES string of the molecule is CCC(C(=O)Nc1cc(C)ccc1C)n1cc(C)c2ccccc21.CCCNCCC. The van der Waals surface area contributed by atoms with Crippen molar-refractivity contribution in [1.29, 1.82) is 0 Å². The van der Waals surface area contributed by atoms with Crippen molar-refractivity contribution in [2.45, 2.75) is 66.8 Å². The van der Waals surface area contributed by atoms with Gasteiger partial charge in [-0.25, -0.2) is 0 Å². The number of benzene rings is 2. The van der Waals surface area contributed by atoms with Crippen LogP contribution in [0.25, 0.3) is 10.9 Å². The maximum absolute atomic E-state index is 12.9. The number of aryl methyl sites for hydroxylation is 3. The Hall–Kier alpha value is -2.59. The summed E-state index contributed by atoms with van der Waals surface area (Å²) >= 11 is 0. The van der Waals surface area contributed by atoms with Gasteiger partial charge in [0.1, 0.15) is 6.04 Å². The number of anilines is 1. The van der Waals surface area contributed by atoms with Gasteiger partial charge in [0.05, 0.1) is 0 Å². The minimum absolute atomic E-state index is 0.0342. The second kappa shape index (κ2) is 12.3. The van der Waals surface area contributed by atoms with Crippen molar-refractivity contribution in [3.63, 3.8) is 0 Å². The molecule has 0 saturated heterocycles. The van der Waals surface area contributed by atoms with Gasteiger partial charge >= 0.3 is 0 Å². The van der Waals surface area contributed by atoms with E-state index in [0.717, 1.165) is 28.8 Å². The van der Waals surface area contributed by atoms with E-state index in [1.54, 1.807) is 0 Å². The van der Waals surface area contributed by atoms with Crippen LogP contribution < -0.4 is 10.6 Å². The van der Waals surface area contributed by atoms with Crippen molar-refractivity contribution in [1.82, 2.24) is 9.88 Å². The van der Waals surface area contributed by atoms with Gasteiger partial charge in [-0.15, -0.1) is 0 Å². The Morgan fingerprint density at radius 2 is 1.61 bits per heavy atom. The summed E-state index contributed by atoms with van der Waals surface area (Å²) in [4.78, 5) is 12.9. The van der Waals surface area contributed by atoms with Gasteiger partial charge in [-0.3, -0.25) is 4.79 Å². The van der Waals surface area contributed by atoms with E-state index in [-0.39, 0.29) is 11.9 Å². The number of hydrogen-bond donors (Lipinski definition) is 2. The zero-order valence-electron chi connectivity index (χ0n) is 20.1. The predicted octanol–water partition coefficient (Wildman–Crippen LogP) is 6.55. The average molecular weight is 422 g/mol. The zero-order chi connectivity index (χ0) is 22.8. The molecule has 2 N–H and O–H groups in total. The number of carbonyl (C=O) groups excluding carboxylic acids is 1. The molecule has 1 heterocycles. The molecule has 0 radical (unpaired) electrons. The van der Waals surface area contributed by atoms with Crippen LogP contribution in [0.1, 0.15) is 62.8 Å². The smallest absolute Gasteiger partial charge is 0.247 e. The van der Waals surface area contributed by atoms with Crippen LogP contribution in [0.5, 0.6) is 0 Å². The Morgan fingerprint density at radius 3 is 2.26 bits per heavy atom. The largest absolute Gasteiger partial charge is 0.335 e. The van der Waals surface area contributed by atoms with Gasteiger partial charge in [-0.2, -0.15) is 0 Å². The van der Waals surface area contributed by atoms with Crippen LogP contribution >= 0.6 is 0 Å². The van der Waals surface area contributed by atoms with Gasteiger partial charge in [0.15, 0.2) is 0 Å². The third-order valence-corrected chi connectivity index (χ3v) is 5.47. The van der Waals surface area contributed by atoms with Crippen molar-refractivity contribution >= 4 is 22.5 Å². The van der Waals surface area contributed by atoms with Crippen LogP contribution in [-0.4, -0.2) is 23.6 Å². The number of nitrogens with zero attached hydrogens (tertiary/aromatic N) is 1. The molecule has 4 heteroatoms. The molecule has 0 aliphatic rings. The minimum atomic E-state index is -0.219. The van der Waals surface area contributed by atoms with Crippen LogP contribution in [0.2, 0.25) is 0 Å². The lowest BCUT2D eigenvalue weighted by Gasteiger charge is -2.19. The molecule has 0 saturated carbocycles. The summed E-state index contributed by atoms with van der Waals surface area (Å²) in [5.41, 5.74) is 5.43. The average Bonchev–Trinajstić information content (AvgIpc) is 3.09. The number of para-hydroxylation sites is 1. The first-order valence-electron chi connectivity index (χ1n) is 11.6. The molecule has 168 valence electrons. The fourth-order valence-corrected chi connectivity index (χ4v) is 3.71. The van der Waals surface area contributed by atoms with Crippen LogP contribution in [0.15, 0.2) is 48.7 Å². The molecule has 3 aromatic rings. The molecule has 0 spiro atoms. The summed E-state index contributed by atoms with van der Waals surface area (Å²) in [7, 11) is 0. The highest BCUT2D eigenvalue weighted by Gasteiger charge is 2.21. The minimum Gasteiger partial charge on any atom is -0.335 e. The molecule has 1 aromatic heterocycles. The van der Waals surface area contributed by atoms with E-state index in [1.165, 1.54) is 36.9 Å². The molecular formula is C27H39N3O. The molecule has 2 aromatic carbocycles. The number of nitrogens with one attached hydrogen (secondary N) is 2. The number of hydrogen-bond acceptors (Lipinski definition) is 2. The van der Waals surface area contributed by atoms with Gasteiger partial charge in [0.25, 0.3) is 0 Å². The lowest BCUT2D eigenvalue weighted by atomic mass is 10.1. The maximum atomic E-state index is 12.9. The Bertz CT molecular complexity index is 970. The molecule has 1 atom stereocenters. The van der Waals surface area contributed by atoms with E-state index in [0.29, 0.717) is 0 Å². The lowest BCUT2D eigenvalue weighted by Crippen LogP contribution is -2.25. The van der Waals surface area contributed by atoms with E-state index in [1.807, 2.05) is 38.1 Å². The first kappa shape index (κ1) is 24.7. The van der Waals surface area contributed by atoms with Gasteiger partial charge in [-0.05, 0) is 81.9 Å². The van der Waals surface area contributed by atoms with Gasteiger partial charge in [0.2, 0.25) is 5.91 Å². The standard InChI is InChI=1S/C21H24N2O.C6H15N/c1-5-19(21(24)22-18-12-14(2)10-11-15(18)3)23-13-16(4)17-8-6-7-9-20(17)23;1-3-5-7-6-4-2/h6-13,19H,5H2,1-4H3,(H,22,24);7H,3-6H2,1-2H3. The maximum Gasteiger partial charge on any atom is 0.247 e. The van der Waals surface area contributed by atoms with Gasteiger partial charge in [-0.1, -0.05) is 51.1 Å². The van der Waals surface area contributed by atoms with Crippen LogP contribution in [-0.2, 0) is 4.79 Å². The second-order valence-electron chi connectivity index (χ2n) is 8.22. The molecule has 0 aliphatic heterocycles. The Balaban J connectivity index is 0.000000423. The summed E-state index contributed by atoms with van der Waals surface area (Å²) in [6, 6.07) is 14.2. The third-order valence-electron chi connectivity index (χ3n) is 5.47. The number of carbonyl (C=O) groups is 1. The Kier molecular flexibility index (Phi) is 9.80. The molecular weight excluding hydrogens is 382 g/mol. The molecule has 1 unspecified atom stereocenters. The molecule has 0 bridgehead atoms. The predicted molar refractivity (Wildman–Crippen MR) is 134 cm³/mol. The fraction of sp³-hybridized carbons (Fsp3) is 0.444. The highest BCUT2D eigenvalue weighted by molar-refractivity contribution is 5.96. The quantitative estimate of drug-likeness (QED) is 0.405. The van der Waals surface area contributed by atoms with Crippen molar-refractivity contribution < 1.29 is 4.79 Å². The third kappa shape index (κ3) is 6.70. The van der Waals surface area contributed by atoms with E-state index in [9.17, 15) is 4.79 Å². The normalized spacial score (nSPS) is 11.7. The summed E-state index contributed by atoms with van der Waals surface area (Å²) < 4.78 is 2.10. The van der Waals surface area contributed by atoms with E-state index < -0.39 is 0 Å². The summed E-state index contributed by atoms with van der Waals surface area (Å²) in [6.45, 7) is 14.9. The topological polar surface area (TPSA) is 46.1 Å². The number of aromatic nitrogens is 1. The molecule has 1 amide bonds. The monoisotopic (exact) mass is 421 g/mol. The van der Waals surface area contributed by atoms with E-state index in [4.69, 9.17) is 0 Å². The summed E-state index contributed by atoms with van der Waals surface area (Å²) in [6.07, 6.45) is 5.33. The number of amides is 1. The highest BCUT2D eigenvalue weighted by atomic mass is 16.2. The van der Waals surface area contributed by atoms with Gasteiger partial charge < -0.3 is 15.2 Å². The van der Waals surface area contributed by atoms with Crippen LogP contribution in [0.4, 0.5) is 5.69 Å². The summed E-state index contributed by atoms with van der Waals surface area (Å²) in [5.74, 6) is 0.0342. The molecule has 31 heavy (non-hydrogen) atoms. The first-order chi connectivity index (χ1) is 14.9. The van der Waals surface area contributed by atoms with Crippen LogP contribution in [0.3, 0.4) is 0 Å². The van der Waals surface area contributed by atoms with Crippen molar-refractivity contribution in [2.24, 2.45) is 0 Å². The van der Waals surface area contributed by atoms with Crippen molar-refractivity contribution in [3.05, 3.63) is 65.4 Å². The lowest BCUT2D eigenvalue weighted by molar-refractivity contribution is -0.119. The molecule has 0 fully saturated rings. The molecule has 0 aliphatic carbocycles. The van der Waals surface area contributed by atoms with Crippen molar-refractivity contribution in [2.75, 3.05) is 18.4 Å². The number of rotatable bonds is 8. The Morgan fingerprint density at radius 1 is 0.935 bits per heavy atom. The van der Waals surface area contributed by atoms with Crippen LogP contribution in [0, 0.1) is 20.8 Å². The van der Waals surface area contributed by atoms with E-state index in [2.05, 4.69) is 67.3 Å².